The van der Waals surface area contributed by atoms with Crippen molar-refractivity contribution >= 4 is 33.5 Å². The molecule has 3 aromatic rings. The number of fused-ring (bicyclic) bond motifs is 1. The van der Waals surface area contributed by atoms with Crippen molar-refractivity contribution in [3.63, 3.8) is 0 Å². The van der Waals surface area contributed by atoms with Crippen LogP contribution in [0.25, 0.3) is 10.2 Å². The Morgan fingerprint density at radius 2 is 2.04 bits per heavy atom. The van der Waals surface area contributed by atoms with Crippen molar-refractivity contribution in [3.8, 4) is 0 Å². The molecule has 0 aliphatic carbocycles. The van der Waals surface area contributed by atoms with Crippen LogP contribution in [0.4, 0.5) is 0 Å². The normalized spacial score (nSPS) is 10.8. The molecule has 0 saturated heterocycles. The molecule has 25 heavy (non-hydrogen) atoms. The fraction of sp³-hybridized carbons (Fsp3) is 0.250. The van der Waals surface area contributed by atoms with Gasteiger partial charge in [-0.1, -0.05) is 0 Å². The van der Waals surface area contributed by atoms with Crippen LogP contribution in [-0.2, 0) is 16.1 Å². The minimum absolute atomic E-state index is 0.0703. The molecule has 0 bridgehead atoms. The number of aromatic amines is 1. The molecule has 0 radical (unpaired) electrons. The Bertz CT molecular complexity index is 1030. The monoisotopic (exact) mass is 362 g/mol. The fourth-order valence-electron chi connectivity index (χ4n) is 2.29. The Balaban J connectivity index is 1.87. The number of carbonyl (C=O) groups excluding carboxylic acids is 2. The summed E-state index contributed by atoms with van der Waals surface area (Å²) in [7, 11) is 1.27. The summed E-state index contributed by atoms with van der Waals surface area (Å²) in [5.41, 5.74) is 0.101. The highest BCUT2D eigenvalue weighted by atomic mass is 32.1. The topological polar surface area (TPSA) is 111 Å². The average Bonchev–Trinajstić information content (AvgIpc) is 3.16. The number of carbonyl (C=O) groups is 2. The van der Waals surface area contributed by atoms with Crippen molar-refractivity contribution in [2.45, 2.75) is 20.5 Å². The number of nitrogens with zero attached hydrogens (tertiary/aromatic N) is 1. The number of aryl methyl sites for hydroxylation is 2. The highest BCUT2D eigenvalue weighted by Crippen LogP contribution is 2.27. The molecule has 3 heterocycles. The molecule has 3 rings (SSSR count). The van der Waals surface area contributed by atoms with E-state index in [0.717, 1.165) is 11.3 Å². The second-order valence-corrected chi connectivity index (χ2v) is 6.23. The molecule has 0 spiro atoms. The lowest BCUT2D eigenvalue weighted by Gasteiger charge is -2.02. The Morgan fingerprint density at radius 3 is 2.68 bits per heavy atom. The number of thiophene rings is 1. The molecule has 0 saturated carbocycles. The summed E-state index contributed by atoms with van der Waals surface area (Å²) in [6, 6.07) is 3.15. The van der Waals surface area contributed by atoms with Crippen LogP contribution < -0.4 is 5.56 Å². The predicted octanol–water partition coefficient (Wildman–Crippen LogP) is 2.34. The van der Waals surface area contributed by atoms with Crippen LogP contribution in [0.2, 0.25) is 0 Å². The van der Waals surface area contributed by atoms with Crippen LogP contribution in [0, 0.1) is 13.8 Å². The highest BCUT2D eigenvalue weighted by molar-refractivity contribution is 7.20. The summed E-state index contributed by atoms with van der Waals surface area (Å²) in [6.45, 7) is 3.14. The average molecular weight is 362 g/mol. The summed E-state index contributed by atoms with van der Waals surface area (Å²) in [6.07, 6.45) is 0. The van der Waals surface area contributed by atoms with E-state index in [1.165, 1.54) is 13.2 Å². The van der Waals surface area contributed by atoms with Crippen LogP contribution in [-0.4, -0.2) is 29.0 Å². The van der Waals surface area contributed by atoms with Crippen LogP contribution in [0.5, 0.6) is 0 Å². The lowest BCUT2D eigenvalue weighted by Crippen LogP contribution is -2.14. The van der Waals surface area contributed by atoms with Gasteiger partial charge in [-0.2, -0.15) is 0 Å². The van der Waals surface area contributed by atoms with Gasteiger partial charge in [0, 0.05) is 0 Å². The number of furan rings is 1. The number of rotatable bonds is 4. The summed E-state index contributed by atoms with van der Waals surface area (Å²) in [5.74, 6) is -0.355. The third-order valence-corrected chi connectivity index (χ3v) is 4.67. The van der Waals surface area contributed by atoms with Gasteiger partial charge in [0.25, 0.3) is 5.56 Å². The zero-order chi connectivity index (χ0) is 18.1. The molecule has 0 aliphatic rings. The zero-order valence-corrected chi connectivity index (χ0v) is 14.5. The molecular formula is C16H14N2O6S. The van der Waals surface area contributed by atoms with Crippen molar-refractivity contribution in [2.24, 2.45) is 0 Å². The maximum Gasteiger partial charge on any atom is 0.374 e. The third-order valence-electron chi connectivity index (χ3n) is 3.50. The van der Waals surface area contributed by atoms with E-state index in [2.05, 4.69) is 9.97 Å². The molecule has 8 nitrogen and oxygen atoms in total. The SMILES string of the molecule is COC(=O)c1sc2nc(COC(=O)c3ccc(C)o3)[nH]c(=O)c2c1C. The minimum Gasteiger partial charge on any atom is -0.465 e. The van der Waals surface area contributed by atoms with E-state index in [0.29, 0.717) is 26.4 Å². The lowest BCUT2D eigenvalue weighted by atomic mass is 10.2. The van der Waals surface area contributed by atoms with Crippen molar-refractivity contribution in [1.29, 1.82) is 0 Å². The number of H-pyrrole nitrogens is 1. The van der Waals surface area contributed by atoms with E-state index in [4.69, 9.17) is 13.9 Å². The van der Waals surface area contributed by atoms with Crippen molar-refractivity contribution < 1.29 is 23.5 Å². The van der Waals surface area contributed by atoms with Crippen LogP contribution in [0.3, 0.4) is 0 Å². The van der Waals surface area contributed by atoms with Gasteiger partial charge in [-0.05, 0) is 31.5 Å². The van der Waals surface area contributed by atoms with Gasteiger partial charge >= 0.3 is 11.9 Å². The first kappa shape index (κ1) is 16.9. The van der Waals surface area contributed by atoms with Crippen LogP contribution in [0.1, 0.15) is 37.4 Å². The summed E-state index contributed by atoms with van der Waals surface area (Å²) in [5, 5.41) is 0.321. The van der Waals surface area contributed by atoms with E-state index in [9.17, 15) is 14.4 Å². The van der Waals surface area contributed by atoms with Crippen molar-refractivity contribution in [3.05, 3.63) is 50.3 Å². The molecule has 3 aromatic heterocycles. The van der Waals surface area contributed by atoms with E-state index in [-0.39, 0.29) is 18.2 Å². The van der Waals surface area contributed by atoms with Gasteiger partial charge in [0.1, 0.15) is 27.9 Å². The second kappa shape index (κ2) is 6.52. The number of hydrogen-bond donors (Lipinski definition) is 1. The molecule has 0 aliphatic heterocycles. The molecule has 9 heteroatoms. The number of ether oxygens (including phenoxy) is 2. The van der Waals surface area contributed by atoms with Crippen LogP contribution >= 0.6 is 11.3 Å². The van der Waals surface area contributed by atoms with Gasteiger partial charge < -0.3 is 18.9 Å². The Kier molecular flexibility index (Phi) is 4.41. The zero-order valence-electron chi connectivity index (χ0n) is 13.7. The summed E-state index contributed by atoms with van der Waals surface area (Å²) in [4.78, 5) is 43.4. The Hall–Kier alpha value is -2.94. The predicted molar refractivity (Wildman–Crippen MR) is 88.9 cm³/mol. The molecule has 0 fully saturated rings. The number of esters is 2. The maximum atomic E-state index is 12.3. The molecule has 0 unspecified atom stereocenters. The number of aromatic nitrogens is 2. The first-order valence-electron chi connectivity index (χ1n) is 7.25. The largest absolute Gasteiger partial charge is 0.465 e. The quantitative estimate of drug-likeness (QED) is 0.709. The smallest absolute Gasteiger partial charge is 0.374 e. The number of hydrogen-bond acceptors (Lipinski definition) is 8. The molecule has 130 valence electrons. The first-order valence-corrected chi connectivity index (χ1v) is 8.06. The molecule has 0 amide bonds. The van der Waals surface area contributed by atoms with E-state index in [1.807, 2.05) is 0 Å². The molecule has 0 aromatic carbocycles. The first-order chi connectivity index (χ1) is 11.9. The molecule has 1 N–H and O–H groups in total. The third kappa shape index (κ3) is 3.18. The maximum absolute atomic E-state index is 12.3. The van der Waals surface area contributed by atoms with E-state index < -0.39 is 17.5 Å². The molecule has 0 atom stereocenters. The number of methoxy groups -OCH3 is 1. The van der Waals surface area contributed by atoms with Gasteiger partial charge in [-0.15, -0.1) is 11.3 Å². The Labute approximate surface area is 145 Å². The molecular weight excluding hydrogens is 348 g/mol. The van der Waals surface area contributed by atoms with E-state index >= 15 is 0 Å². The minimum atomic E-state index is -0.659. The van der Waals surface area contributed by atoms with Gasteiger partial charge in [-0.25, -0.2) is 14.6 Å². The van der Waals surface area contributed by atoms with Gasteiger partial charge in [0.15, 0.2) is 0 Å². The standard InChI is InChI=1S/C16H14N2O6S/c1-7-4-5-9(24-7)15(20)23-6-10-17-13(19)11-8(2)12(16(21)22-3)25-14(11)18-10/h4-5H,6H2,1-3H3,(H,17,18,19). The van der Waals surface area contributed by atoms with Crippen LogP contribution in [0.15, 0.2) is 21.3 Å². The number of nitrogens with one attached hydrogen (secondary N) is 1. The fourth-order valence-corrected chi connectivity index (χ4v) is 3.41. The van der Waals surface area contributed by atoms with Gasteiger partial charge in [0.05, 0.1) is 12.5 Å². The Morgan fingerprint density at radius 1 is 1.28 bits per heavy atom. The summed E-state index contributed by atoms with van der Waals surface area (Å²) < 4.78 is 15.0. The lowest BCUT2D eigenvalue weighted by molar-refractivity contribution is 0.0424. The van der Waals surface area contributed by atoms with Crippen molar-refractivity contribution in [1.82, 2.24) is 9.97 Å². The van der Waals surface area contributed by atoms with Gasteiger partial charge in [-0.3, -0.25) is 4.79 Å². The second-order valence-electron chi connectivity index (χ2n) is 5.23. The summed E-state index contributed by atoms with van der Waals surface area (Å²) >= 11 is 1.05. The van der Waals surface area contributed by atoms with E-state index in [1.54, 1.807) is 19.9 Å². The van der Waals surface area contributed by atoms with Gasteiger partial charge in [0.2, 0.25) is 5.76 Å². The van der Waals surface area contributed by atoms with Crippen molar-refractivity contribution in [2.75, 3.05) is 7.11 Å². The highest BCUT2D eigenvalue weighted by Gasteiger charge is 2.20.